The summed E-state index contributed by atoms with van der Waals surface area (Å²) >= 11 is 0. The lowest BCUT2D eigenvalue weighted by Crippen LogP contribution is -1.98. The lowest BCUT2D eigenvalue weighted by Gasteiger charge is -2.05. The first-order valence-corrected chi connectivity index (χ1v) is 5.39. The molecule has 0 atom stereocenters. The van der Waals surface area contributed by atoms with Crippen LogP contribution in [0.3, 0.4) is 0 Å². The summed E-state index contributed by atoms with van der Waals surface area (Å²) < 4.78 is 23.9. The normalized spacial score (nSPS) is 10.5. The Labute approximate surface area is 98.4 Å². The molecule has 0 spiro atoms. The number of hydrogen-bond acceptors (Lipinski definition) is 4. The summed E-state index contributed by atoms with van der Waals surface area (Å²) in [6.45, 7) is 3.86. The third-order valence-electron chi connectivity index (χ3n) is 2.25. The molecule has 2 rings (SSSR count). The van der Waals surface area contributed by atoms with E-state index in [-0.39, 0.29) is 12.4 Å². The largest absolute Gasteiger partial charge is 0.481 e. The van der Waals surface area contributed by atoms with Crippen molar-refractivity contribution >= 4 is 0 Å². The molecule has 0 N–H and O–H groups in total. The second-order valence-electron chi connectivity index (χ2n) is 3.67. The Balaban J connectivity index is 2.04. The molecule has 0 saturated heterocycles. The molecule has 0 aliphatic heterocycles. The summed E-state index contributed by atoms with van der Waals surface area (Å²) in [5, 5.41) is 7.59. The van der Waals surface area contributed by atoms with Gasteiger partial charge in [-0.3, -0.25) is 0 Å². The van der Waals surface area contributed by atoms with Gasteiger partial charge in [-0.1, -0.05) is 13.0 Å². The molecule has 1 heterocycles. The van der Waals surface area contributed by atoms with Crippen LogP contribution in [0.25, 0.3) is 0 Å². The number of rotatable bonds is 4. The van der Waals surface area contributed by atoms with E-state index in [4.69, 9.17) is 9.15 Å². The maximum absolute atomic E-state index is 13.4. The summed E-state index contributed by atoms with van der Waals surface area (Å²) in [6, 6.07) is 4.69. The molecule has 0 fully saturated rings. The first-order valence-electron chi connectivity index (χ1n) is 5.39. The highest BCUT2D eigenvalue weighted by Gasteiger charge is 2.08. The van der Waals surface area contributed by atoms with E-state index >= 15 is 0 Å². The summed E-state index contributed by atoms with van der Waals surface area (Å²) in [6.07, 6.45) is 0.672. The number of benzene rings is 1. The lowest BCUT2D eigenvalue weighted by molar-refractivity contribution is 0.248. The molecular weight excluding hydrogens is 223 g/mol. The molecule has 0 bridgehead atoms. The van der Waals surface area contributed by atoms with Crippen molar-refractivity contribution in [1.82, 2.24) is 10.2 Å². The number of ether oxygens (including phenoxy) is 1. The fraction of sp³-hybridized carbons (Fsp3) is 0.333. The minimum atomic E-state index is -0.397. The van der Waals surface area contributed by atoms with E-state index in [1.165, 1.54) is 6.07 Å². The third kappa shape index (κ3) is 2.81. The first kappa shape index (κ1) is 11.6. The number of nitrogens with zero attached hydrogens (tertiary/aromatic N) is 2. The zero-order valence-electron chi connectivity index (χ0n) is 9.74. The average Bonchev–Trinajstić information content (AvgIpc) is 2.78. The van der Waals surface area contributed by atoms with Gasteiger partial charge in [0.1, 0.15) is 0 Å². The number of halogens is 1. The van der Waals surface area contributed by atoms with E-state index in [9.17, 15) is 4.39 Å². The van der Waals surface area contributed by atoms with Crippen LogP contribution in [-0.4, -0.2) is 10.2 Å². The Morgan fingerprint density at radius 2 is 2.06 bits per heavy atom. The summed E-state index contributed by atoms with van der Waals surface area (Å²) in [5.74, 6) is 0.697. The van der Waals surface area contributed by atoms with Gasteiger partial charge in [-0.25, -0.2) is 4.39 Å². The molecule has 1 aromatic heterocycles. The van der Waals surface area contributed by atoms with Crippen molar-refractivity contribution in [2.75, 3.05) is 0 Å². The predicted molar refractivity (Wildman–Crippen MR) is 59.1 cm³/mol. The predicted octanol–water partition coefficient (Wildman–Crippen LogP) is 2.66. The van der Waals surface area contributed by atoms with Crippen LogP contribution in [0.5, 0.6) is 5.75 Å². The van der Waals surface area contributed by atoms with Crippen LogP contribution in [0.1, 0.15) is 24.3 Å². The Hall–Kier alpha value is -1.91. The molecule has 5 heteroatoms. The Morgan fingerprint density at radius 3 is 2.76 bits per heavy atom. The average molecular weight is 236 g/mol. The molecule has 0 unspecified atom stereocenters. The van der Waals surface area contributed by atoms with Crippen molar-refractivity contribution in [3.05, 3.63) is 41.4 Å². The van der Waals surface area contributed by atoms with Gasteiger partial charge in [0.25, 0.3) is 5.89 Å². The minimum absolute atomic E-state index is 0.0768. The van der Waals surface area contributed by atoms with Crippen molar-refractivity contribution < 1.29 is 13.5 Å². The van der Waals surface area contributed by atoms with Crippen molar-refractivity contribution in [2.45, 2.75) is 26.9 Å². The highest BCUT2D eigenvalue weighted by atomic mass is 19.1. The van der Waals surface area contributed by atoms with E-state index in [0.717, 1.165) is 5.56 Å². The molecule has 2 aromatic rings. The summed E-state index contributed by atoms with van der Waals surface area (Å²) in [7, 11) is 0. The van der Waals surface area contributed by atoms with E-state index in [1.54, 1.807) is 12.1 Å². The lowest BCUT2D eigenvalue weighted by atomic mass is 10.2. The van der Waals surface area contributed by atoms with Gasteiger partial charge in [-0.2, -0.15) is 0 Å². The zero-order chi connectivity index (χ0) is 12.3. The monoisotopic (exact) mass is 236 g/mol. The molecule has 0 amide bonds. The summed E-state index contributed by atoms with van der Waals surface area (Å²) in [4.78, 5) is 0. The number of aryl methyl sites for hydroxylation is 2. The molecule has 4 nitrogen and oxygen atoms in total. The zero-order valence-corrected chi connectivity index (χ0v) is 9.74. The first-order chi connectivity index (χ1) is 8.19. The smallest absolute Gasteiger partial charge is 0.253 e. The van der Waals surface area contributed by atoms with E-state index in [0.29, 0.717) is 18.2 Å². The maximum atomic E-state index is 13.4. The van der Waals surface area contributed by atoms with E-state index < -0.39 is 5.82 Å². The van der Waals surface area contributed by atoms with Gasteiger partial charge in [0.2, 0.25) is 5.89 Å². The van der Waals surface area contributed by atoms with Crippen LogP contribution in [-0.2, 0) is 13.0 Å². The fourth-order valence-corrected chi connectivity index (χ4v) is 1.35. The highest BCUT2D eigenvalue weighted by Crippen LogP contribution is 2.19. The van der Waals surface area contributed by atoms with Crippen molar-refractivity contribution in [1.29, 1.82) is 0 Å². The van der Waals surface area contributed by atoms with Crippen LogP contribution in [0.15, 0.2) is 22.6 Å². The minimum Gasteiger partial charge on any atom is -0.481 e. The summed E-state index contributed by atoms with van der Waals surface area (Å²) in [5.41, 5.74) is 0.932. The van der Waals surface area contributed by atoms with Crippen LogP contribution in [0, 0.1) is 12.7 Å². The van der Waals surface area contributed by atoms with Gasteiger partial charge in [0.15, 0.2) is 18.2 Å². The molecule has 1 aromatic carbocycles. The highest BCUT2D eigenvalue weighted by molar-refractivity contribution is 5.29. The molecular formula is C12H13FN2O2. The van der Waals surface area contributed by atoms with Gasteiger partial charge >= 0.3 is 0 Å². The van der Waals surface area contributed by atoms with E-state index in [1.807, 2.05) is 13.8 Å². The van der Waals surface area contributed by atoms with Gasteiger partial charge in [0, 0.05) is 6.42 Å². The van der Waals surface area contributed by atoms with Crippen LogP contribution in [0.4, 0.5) is 4.39 Å². The van der Waals surface area contributed by atoms with Crippen molar-refractivity contribution in [2.24, 2.45) is 0 Å². The third-order valence-corrected chi connectivity index (χ3v) is 2.25. The molecule has 0 aliphatic carbocycles. The molecule has 0 aliphatic rings. The van der Waals surface area contributed by atoms with Crippen LogP contribution in [0.2, 0.25) is 0 Å². The molecule has 90 valence electrons. The van der Waals surface area contributed by atoms with Crippen molar-refractivity contribution in [3.8, 4) is 5.75 Å². The SMILES string of the molecule is CCc1nnc(COc2cc(C)ccc2F)o1. The van der Waals surface area contributed by atoms with E-state index in [2.05, 4.69) is 10.2 Å². The van der Waals surface area contributed by atoms with Gasteiger partial charge in [-0.05, 0) is 24.6 Å². The second-order valence-corrected chi connectivity index (χ2v) is 3.67. The second kappa shape index (κ2) is 4.95. The standard InChI is InChI=1S/C12H13FN2O2/c1-3-11-14-15-12(17-11)7-16-10-6-8(2)4-5-9(10)13/h4-6H,3,7H2,1-2H3. The Morgan fingerprint density at radius 1 is 1.29 bits per heavy atom. The van der Waals surface area contributed by atoms with Gasteiger partial charge in [-0.15, -0.1) is 10.2 Å². The van der Waals surface area contributed by atoms with Crippen LogP contribution >= 0.6 is 0 Å². The quantitative estimate of drug-likeness (QED) is 0.818. The van der Waals surface area contributed by atoms with Crippen LogP contribution < -0.4 is 4.74 Å². The van der Waals surface area contributed by atoms with Crippen molar-refractivity contribution in [3.63, 3.8) is 0 Å². The molecule has 0 saturated carbocycles. The fourth-order valence-electron chi connectivity index (χ4n) is 1.35. The van der Waals surface area contributed by atoms with Gasteiger partial charge < -0.3 is 9.15 Å². The van der Waals surface area contributed by atoms with Gasteiger partial charge in [0.05, 0.1) is 0 Å². The number of aromatic nitrogens is 2. The number of hydrogen-bond donors (Lipinski definition) is 0. The molecule has 0 radical (unpaired) electrons. The molecule has 17 heavy (non-hydrogen) atoms. The Kier molecular flexibility index (Phi) is 3.37. The Bertz CT molecular complexity index is 511. The maximum Gasteiger partial charge on any atom is 0.253 e. The topological polar surface area (TPSA) is 48.2 Å².